The van der Waals surface area contributed by atoms with E-state index in [9.17, 15) is 19.1 Å². The lowest BCUT2D eigenvalue weighted by Gasteiger charge is -2.25. The summed E-state index contributed by atoms with van der Waals surface area (Å²) in [4.78, 5) is 27.1. The van der Waals surface area contributed by atoms with Crippen LogP contribution in [0.2, 0.25) is 0 Å². The van der Waals surface area contributed by atoms with Gasteiger partial charge in [0, 0.05) is 11.3 Å². The zero-order valence-electron chi connectivity index (χ0n) is 14.7. The number of carbonyl (C=O) groups is 2. The molecule has 4 rings (SSSR count). The van der Waals surface area contributed by atoms with Crippen LogP contribution in [0.3, 0.4) is 0 Å². The number of para-hydroxylation sites is 1. The molecule has 3 aromatic carbocycles. The van der Waals surface area contributed by atoms with Gasteiger partial charge in [0.2, 0.25) is 0 Å². The molecule has 1 aliphatic heterocycles. The van der Waals surface area contributed by atoms with E-state index in [2.05, 4.69) is 0 Å². The van der Waals surface area contributed by atoms with Crippen LogP contribution in [0.15, 0.2) is 90.5 Å². The van der Waals surface area contributed by atoms with Gasteiger partial charge in [-0.15, -0.1) is 0 Å². The fraction of sp³-hybridized carbons (Fsp3) is 0.0435. The number of amides is 1. The molecular formula is C23H16FNO3. The summed E-state index contributed by atoms with van der Waals surface area (Å²) in [7, 11) is 0. The molecule has 1 aliphatic rings. The summed E-state index contributed by atoms with van der Waals surface area (Å²) < 4.78 is 13.3. The molecule has 5 heteroatoms. The van der Waals surface area contributed by atoms with Gasteiger partial charge < -0.3 is 5.11 Å². The number of Topliss-reactive ketones (excluding diaryl/α,β-unsaturated/α-hetero) is 1. The van der Waals surface area contributed by atoms with Crippen molar-refractivity contribution in [3.05, 3.63) is 107 Å². The number of hydrogen-bond donors (Lipinski definition) is 1. The summed E-state index contributed by atoms with van der Waals surface area (Å²) in [6.07, 6.45) is 0. The molecule has 3 aromatic rings. The van der Waals surface area contributed by atoms with Crippen molar-refractivity contribution >= 4 is 23.1 Å². The fourth-order valence-corrected chi connectivity index (χ4v) is 3.40. The molecule has 1 heterocycles. The first-order valence-corrected chi connectivity index (χ1v) is 8.75. The largest absolute Gasteiger partial charge is 0.507 e. The first-order valence-electron chi connectivity index (χ1n) is 8.75. The summed E-state index contributed by atoms with van der Waals surface area (Å²) in [5.41, 5.74) is 1.49. The number of halogens is 1. The van der Waals surface area contributed by atoms with E-state index in [4.69, 9.17) is 0 Å². The molecule has 1 atom stereocenters. The lowest BCUT2D eigenvalue weighted by Crippen LogP contribution is -2.29. The molecule has 0 bridgehead atoms. The first kappa shape index (κ1) is 17.7. The molecule has 1 fully saturated rings. The van der Waals surface area contributed by atoms with Gasteiger partial charge in [-0.2, -0.15) is 0 Å². The normalized spacial score (nSPS) is 18.5. The predicted octanol–water partition coefficient (Wildman–Crippen LogP) is 4.45. The van der Waals surface area contributed by atoms with Crippen molar-refractivity contribution in [2.24, 2.45) is 0 Å². The van der Waals surface area contributed by atoms with E-state index in [1.165, 1.54) is 29.2 Å². The van der Waals surface area contributed by atoms with E-state index in [0.29, 0.717) is 11.3 Å². The Hall–Kier alpha value is -3.73. The number of anilines is 1. The summed E-state index contributed by atoms with van der Waals surface area (Å²) in [5, 5.41) is 10.9. The SMILES string of the molecule is O=C1C(=O)N(c2ccccc2)[C@H](c2ccccc2)/C1=C(\O)c1ccc(F)cc1. The molecule has 0 aliphatic carbocycles. The average Bonchev–Trinajstić information content (AvgIpc) is 3.00. The van der Waals surface area contributed by atoms with Crippen LogP contribution in [0.25, 0.3) is 5.76 Å². The number of ketones is 1. The number of benzene rings is 3. The van der Waals surface area contributed by atoms with Gasteiger partial charge in [-0.25, -0.2) is 4.39 Å². The van der Waals surface area contributed by atoms with Gasteiger partial charge in [-0.05, 0) is 42.0 Å². The molecule has 1 N–H and O–H groups in total. The monoisotopic (exact) mass is 373 g/mol. The molecule has 0 radical (unpaired) electrons. The Morgan fingerprint density at radius 1 is 0.821 bits per heavy atom. The van der Waals surface area contributed by atoms with Crippen molar-refractivity contribution in [3.63, 3.8) is 0 Å². The van der Waals surface area contributed by atoms with E-state index in [1.54, 1.807) is 48.5 Å². The molecule has 4 nitrogen and oxygen atoms in total. The van der Waals surface area contributed by atoms with Gasteiger partial charge in [0.25, 0.3) is 11.7 Å². The van der Waals surface area contributed by atoms with Crippen LogP contribution in [0.4, 0.5) is 10.1 Å². The van der Waals surface area contributed by atoms with Gasteiger partial charge in [-0.3, -0.25) is 14.5 Å². The van der Waals surface area contributed by atoms with E-state index < -0.39 is 23.5 Å². The molecule has 0 saturated carbocycles. The second-order valence-electron chi connectivity index (χ2n) is 6.42. The van der Waals surface area contributed by atoms with Gasteiger partial charge in [0.1, 0.15) is 11.6 Å². The minimum Gasteiger partial charge on any atom is -0.507 e. The number of hydrogen-bond acceptors (Lipinski definition) is 3. The summed E-state index contributed by atoms with van der Waals surface area (Å²) in [6.45, 7) is 0. The lowest BCUT2D eigenvalue weighted by atomic mass is 9.95. The first-order chi connectivity index (χ1) is 13.6. The Kier molecular flexibility index (Phi) is 4.49. The highest BCUT2D eigenvalue weighted by Crippen LogP contribution is 2.41. The van der Waals surface area contributed by atoms with Gasteiger partial charge in [-0.1, -0.05) is 48.5 Å². The van der Waals surface area contributed by atoms with E-state index >= 15 is 0 Å². The molecule has 0 spiro atoms. The van der Waals surface area contributed by atoms with Crippen LogP contribution in [-0.4, -0.2) is 16.8 Å². The number of rotatable bonds is 3. The maximum atomic E-state index is 13.3. The molecular weight excluding hydrogens is 357 g/mol. The third kappa shape index (κ3) is 2.97. The third-order valence-electron chi connectivity index (χ3n) is 4.71. The van der Waals surface area contributed by atoms with Gasteiger partial charge >= 0.3 is 0 Å². The number of nitrogens with zero attached hydrogens (tertiary/aromatic N) is 1. The molecule has 0 unspecified atom stereocenters. The predicted molar refractivity (Wildman–Crippen MR) is 104 cm³/mol. The minimum absolute atomic E-state index is 0.0216. The Balaban J connectivity index is 1.94. The number of carbonyl (C=O) groups excluding carboxylic acids is 2. The van der Waals surface area contributed by atoms with E-state index in [-0.39, 0.29) is 16.9 Å². The highest BCUT2D eigenvalue weighted by molar-refractivity contribution is 6.51. The highest BCUT2D eigenvalue weighted by Gasteiger charge is 2.46. The van der Waals surface area contributed by atoms with Crippen molar-refractivity contribution in [1.29, 1.82) is 0 Å². The van der Waals surface area contributed by atoms with Crippen LogP contribution in [0, 0.1) is 5.82 Å². The lowest BCUT2D eigenvalue weighted by molar-refractivity contribution is -0.132. The van der Waals surface area contributed by atoms with Crippen LogP contribution < -0.4 is 4.90 Å². The van der Waals surface area contributed by atoms with Crippen LogP contribution >= 0.6 is 0 Å². The Morgan fingerprint density at radius 2 is 1.39 bits per heavy atom. The molecule has 1 saturated heterocycles. The van der Waals surface area contributed by atoms with Crippen LogP contribution in [0.5, 0.6) is 0 Å². The number of aliphatic hydroxyl groups is 1. The van der Waals surface area contributed by atoms with Gasteiger partial charge in [0.05, 0.1) is 11.6 Å². The van der Waals surface area contributed by atoms with Crippen LogP contribution in [0.1, 0.15) is 17.2 Å². The quantitative estimate of drug-likeness (QED) is 0.419. The molecule has 1 amide bonds. The highest BCUT2D eigenvalue weighted by atomic mass is 19.1. The smallest absolute Gasteiger partial charge is 0.300 e. The summed E-state index contributed by atoms with van der Waals surface area (Å²) in [5.74, 6) is -2.28. The van der Waals surface area contributed by atoms with E-state index in [1.807, 2.05) is 12.1 Å². The van der Waals surface area contributed by atoms with Crippen LogP contribution in [-0.2, 0) is 9.59 Å². The minimum atomic E-state index is -0.784. The zero-order chi connectivity index (χ0) is 19.7. The maximum absolute atomic E-state index is 13.3. The van der Waals surface area contributed by atoms with Crippen molar-refractivity contribution < 1.29 is 19.1 Å². The Labute approximate surface area is 161 Å². The van der Waals surface area contributed by atoms with Gasteiger partial charge in [0.15, 0.2) is 0 Å². The third-order valence-corrected chi connectivity index (χ3v) is 4.71. The Bertz CT molecular complexity index is 1060. The van der Waals surface area contributed by atoms with Crippen molar-refractivity contribution in [1.82, 2.24) is 0 Å². The second-order valence-corrected chi connectivity index (χ2v) is 6.42. The average molecular weight is 373 g/mol. The zero-order valence-corrected chi connectivity index (χ0v) is 14.7. The second kappa shape index (κ2) is 7.12. The molecule has 0 aromatic heterocycles. The molecule has 28 heavy (non-hydrogen) atoms. The van der Waals surface area contributed by atoms with Crippen molar-refractivity contribution in [3.8, 4) is 0 Å². The molecule has 138 valence electrons. The summed E-state index contributed by atoms with van der Waals surface area (Å²) >= 11 is 0. The van der Waals surface area contributed by atoms with Crippen molar-refractivity contribution in [2.45, 2.75) is 6.04 Å². The Morgan fingerprint density at radius 3 is 2.00 bits per heavy atom. The maximum Gasteiger partial charge on any atom is 0.300 e. The van der Waals surface area contributed by atoms with Crippen molar-refractivity contribution in [2.75, 3.05) is 4.90 Å². The van der Waals surface area contributed by atoms with E-state index in [0.717, 1.165) is 0 Å². The fourth-order valence-electron chi connectivity index (χ4n) is 3.40. The topological polar surface area (TPSA) is 57.6 Å². The summed E-state index contributed by atoms with van der Waals surface area (Å²) in [6, 6.07) is 22.2. The number of aliphatic hydroxyl groups excluding tert-OH is 1. The standard InChI is InChI=1S/C23H16FNO3/c24-17-13-11-16(12-14-17)21(26)19-20(15-7-3-1-4-8-15)25(23(28)22(19)27)18-9-5-2-6-10-18/h1-14,20,26H/b21-19+/t20-/m1/s1.